The fourth-order valence-corrected chi connectivity index (χ4v) is 1.11. The summed E-state index contributed by atoms with van der Waals surface area (Å²) in [6.45, 7) is 0. The summed E-state index contributed by atoms with van der Waals surface area (Å²) >= 11 is 3.07. The minimum Gasteiger partial charge on any atom is -0.481 e. The van der Waals surface area contributed by atoms with Crippen molar-refractivity contribution < 1.29 is 9.90 Å². The number of aromatic nitrogens is 2. The summed E-state index contributed by atoms with van der Waals surface area (Å²) in [6.07, 6.45) is -0.239. The van der Waals surface area contributed by atoms with Crippen LogP contribution in [0, 0.1) is 0 Å². The minimum atomic E-state index is -1.00. The van der Waals surface area contributed by atoms with Gasteiger partial charge in [0.15, 0.2) is 0 Å². The number of nitrogen functional groups attached to an aromatic ring is 2. The number of anilines is 2. The first-order valence-corrected chi connectivity index (χ1v) is 4.09. The summed E-state index contributed by atoms with van der Waals surface area (Å²) in [5, 5.41) is 8.51. The standard InChI is InChI=1S/C6H7BrN4O2/c7-4-2(1-3(12)13)10-6(9)11-5(4)8/h1H2,(H,12,13)(H4,8,9,10,11). The highest BCUT2D eigenvalue weighted by Gasteiger charge is 2.11. The molecule has 0 aliphatic carbocycles. The van der Waals surface area contributed by atoms with E-state index in [1.807, 2.05) is 0 Å². The second-order valence-corrected chi connectivity index (χ2v) is 3.09. The molecule has 0 spiro atoms. The molecule has 1 rings (SSSR count). The van der Waals surface area contributed by atoms with E-state index in [4.69, 9.17) is 16.6 Å². The molecule has 0 amide bonds. The van der Waals surface area contributed by atoms with Gasteiger partial charge in [0.25, 0.3) is 0 Å². The first-order chi connectivity index (χ1) is 6.00. The van der Waals surface area contributed by atoms with Crippen LogP contribution in [0.5, 0.6) is 0 Å². The molecule has 0 aliphatic heterocycles. The van der Waals surface area contributed by atoms with Gasteiger partial charge in [-0.2, -0.15) is 4.98 Å². The number of hydrogen-bond acceptors (Lipinski definition) is 5. The molecule has 0 aromatic carbocycles. The summed E-state index contributed by atoms with van der Waals surface area (Å²) in [7, 11) is 0. The van der Waals surface area contributed by atoms with Crippen molar-refractivity contribution in [1.29, 1.82) is 0 Å². The van der Waals surface area contributed by atoms with Crippen LogP contribution in [0.25, 0.3) is 0 Å². The van der Waals surface area contributed by atoms with Crippen LogP contribution in [0.2, 0.25) is 0 Å². The Balaban J connectivity index is 3.12. The highest BCUT2D eigenvalue weighted by molar-refractivity contribution is 9.10. The molecule has 1 aromatic rings. The lowest BCUT2D eigenvalue weighted by Crippen LogP contribution is -2.09. The molecule has 6 nitrogen and oxygen atoms in total. The Bertz CT molecular complexity index is 355. The smallest absolute Gasteiger partial charge is 0.309 e. The van der Waals surface area contributed by atoms with Gasteiger partial charge in [-0.05, 0) is 15.9 Å². The number of carboxylic acid groups (broad SMARTS) is 1. The molecule has 0 unspecified atom stereocenters. The van der Waals surface area contributed by atoms with Gasteiger partial charge in [-0.1, -0.05) is 0 Å². The lowest BCUT2D eigenvalue weighted by atomic mass is 10.3. The zero-order chi connectivity index (χ0) is 10.0. The Morgan fingerprint density at radius 2 is 2.08 bits per heavy atom. The molecule has 0 fully saturated rings. The van der Waals surface area contributed by atoms with Crippen LogP contribution in [0.1, 0.15) is 5.69 Å². The minimum absolute atomic E-state index is 0.0306. The number of nitrogens with two attached hydrogens (primary N) is 2. The van der Waals surface area contributed by atoms with Crippen LogP contribution in [0.4, 0.5) is 11.8 Å². The molecule has 0 aliphatic rings. The first-order valence-electron chi connectivity index (χ1n) is 3.30. The SMILES string of the molecule is Nc1nc(N)c(Br)c(CC(=O)O)n1. The second kappa shape index (κ2) is 3.56. The molecule has 1 heterocycles. The van der Waals surface area contributed by atoms with Gasteiger partial charge >= 0.3 is 5.97 Å². The first kappa shape index (κ1) is 9.72. The summed E-state index contributed by atoms with van der Waals surface area (Å²) in [5.41, 5.74) is 11.0. The van der Waals surface area contributed by atoms with Crippen LogP contribution in [0.15, 0.2) is 4.47 Å². The average molecular weight is 247 g/mol. The van der Waals surface area contributed by atoms with Crippen molar-refractivity contribution in [2.45, 2.75) is 6.42 Å². The van der Waals surface area contributed by atoms with Crippen LogP contribution in [-0.4, -0.2) is 21.0 Å². The normalized spacial score (nSPS) is 9.92. The fourth-order valence-electron chi connectivity index (χ4n) is 0.793. The molecule has 70 valence electrons. The summed E-state index contributed by atoms with van der Waals surface area (Å²) in [5.74, 6) is -0.890. The number of hydrogen-bond donors (Lipinski definition) is 3. The van der Waals surface area contributed by atoms with Crippen molar-refractivity contribution in [3.63, 3.8) is 0 Å². The molecule has 0 saturated carbocycles. The van der Waals surface area contributed by atoms with Crippen molar-refractivity contribution >= 4 is 33.7 Å². The predicted octanol–water partition coefficient (Wildman–Crippen LogP) is 0.0306. The molecule has 13 heavy (non-hydrogen) atoms. The van der Waals surface area contributed by atoms with E-state index in [0.717, 1.165) is 0 Å². The summed E-state index contributed by atoms with van der Waals surface area (Å²) in [4.78, 5) is 17.8. The van der Waals surface area contributed by atoms with Crippen LogP contribution in [0.3, 0.4) is 0 Å². The van der Waals surface area contributed by atoms with E-state index >= 15 is 0 Å². The zero-order valence-corrected chi connectivity index (χ0v) is 8.08. The molecular formula is C6H7BrN4O2. The van der Waals surface area contributed by atoms with Gasteiger partial charge in [0.1, 0.15) is 5.82 Å². The van der Waals surface area contributed by atoms with Crippen molar-refractivity contribution in [3.05, 3.63) is 10.2 Å². The monoisotopic (exact) mass is 246 g/mol. The largest absolute Gasteiger partial charge is 0.481 e. The Labute approximate surface area is 82.1 Å². The Morgan fingerprint density at radius 3 is 2.62 bits per heavy atom. The molecule has 0 saturated heterocycles. The quantitative estimate of drug-likeness (QED) is 0.679. The van der Waals surface area contributed by atoms with Crippen LogP contribution < -0.4 is 11.5 Å². The van der Waals surface area contributed by atoms with Crippen LogP contribution >= 0.6 is 15.9 Å². The molecule has 0 radical (unpaired) electrons. The summed E-state index contributed by atoms with van der Waals surface area (Å²) in [6, 6.07) is 0. The van der Waals surface area contributed by atoms with Crippen molar-refractivity contribution in [3.8, 4) is 0 Å². The molecular weight excluding hydrogens is 240 g/mol. The predicted molar refractivity (Wildman–Crippen MR) is 49.9 cm³/mol. The van der Waals surface area contributed by atoms with E-state index in [2.05, 4.69) is 25.9 Å². The third kappa shape index (κ3) is 2.28. The maximum absolute atomic E-state index is 10.4. The number of nitrogens with zero attached hydrogens (tertiary/aromatic N) is 2. The summed E-state index contributed by atoms with van der Waals surface area (Å²) < 4.78 is 0.379. The maximum atomic E-state index is 10.4. The molecule has 5 N–H and O–H groups in total. The van der Waals surface area contributed by atoms with Crippen molar-refractivity contribution in [1.82, 2.24) is 9.97 Å². The molecule has 0 bridgehead atoms. The molecule has 1 aromatic heterocycles. The zero-order valence-electron chi connectivity index (χ0n) is 6.49. The van der Waals surface area contributed by atoms with E-state index in [0.29, 0.717) is 4.47 Å². The fraction of sp³-hybridized carbons (Fsp3) is 0.167. The van der Waals surface area contributed by atoms with Crippen molar-refractivity contribution in [2.75, 3.05) is 11.5 Å². The van der Waals surface area contributed by atoms with Gasteiger partial charge in [-0.15, -0.1) is 0 Å². The van der Waals surface area contributed by atoms with Crippen LogP contribution in [-0.2, 0) is 11.2 Å². The van der Waals surface area contributed by atoms with E-state index in [-0.39, 0.29) is 23.9 Å². The van der Waals surface area contributed by atoms with Gasteiger partial charge in [0.05, 0.1) is 16.6 Å². The molecule has 0 atom stereocenters. The number of carboxylic acids is 1. The number of aliphatic carboxylic acids is 1. The number of rotatable bonds is 2. The Kier molecular flexibility index (Phi) is 2.66. The van der Waals surface area contributed by atoms with E-state index in [1.54, 1.807) is 0 Å². The third-order valence-corrected chi connectivity index (χ3v) is 2.15. The Hall–Kier alpha value is -1.37. The third-order valence-electron chi connectivity index (χ3n) is 1.28. The lowest BCUT2D eigenvalue weighted by molar-refractivity contribution is -0.136. The van der Waals surface area contributed by atoms with Gasteiger partial charge in [0, 0.05) is 0 Å². The van der Waals surface area contributed by atoms with Gasteiger partial charge < -0.3 is 16.6 Å². The van der Waals surface area contributed by atoms with Crippen molar-refractivity contribution in [2.24, 2.45) is 0 Å². The number of halogens is 1. The van der Waals surface area contributed by atoms with Gasteiger partial charge in [0.2, 0.25) is 5.95 Å². The second-order valence-electron chi connectivity index (χ2n) is 2.30. The maximum Gasteiger partial charge on any atom is 0.309 e. The van der Waals surface area contributed by atoms with Gasteiger partial charge in [-0.25, -0.2) is 4.98 Å². The van der Waals surface area contributed by atoms with E-state index in [1.165, 1.54) is 0 Å². The molecule has 7 heteroatoms. The highest BCUT2D eigenvalue weighted by Crippen LogP contribution is 2.21. The highest BCUT2D eigenvalue weighted by atomic mass is 79.9. The number of carbonyl (C=O) groups is 1. The lowest BCUT2D eigenvalue weighted by Gasteiger charge is -2.03. The van der Waals surface area contributed by atoms with E-state index < -0.39 is 5.97 Å². The van der Waals surface area contributed by atoms with Gasteiger partial charge in [-0.3, -0.25) is 4.79 Å². The topological polar surface area (TPSA) is 115 Å². The average Bonchev–Trinajstić information content (AvgIpc) is 1.98. The van der Waals surface area contributed by atoms with E-state index in [9.17, 15) is 4.79 Å². The Morgan fingerprint density at radius 1 is 1.46 bits per heavy atom.